The largest absolute Gasteiger partial charge is 0.497 e. The first kappa shape index (κ1) is 25.8. The SMILES string of the molecule is COc1cc(OC)cc(C(=O)N2CCC(N3CCC(C(=O)N(C)C4CCN(C)CC4)CC3)CC2)c1. The van der Waals surface area contributed by atoms with Crippen molar-refractivity contribution in [3.63, 3.8) is 0 Å². The van der Waals surface area contributed by atoms with E-state index in [0.29, 0.717) is 35.1 Å². The van der Waals surface area contributed by atoms with E-state index in [2.05, 4.69) is 16.8 Å². The van der Waals surface area contributed by atoms with Gasteiger partial charge in [0, 0.05) is 49.8 Å². The van der Waals surface area contributed by atoms with Crippen LogP contribution in [0.2, 0.25) is 0 Å². The second-order valence-corrected chi connectivity index (χ2v) is 10.4. The first-order valence-electron chi connectivity index (χ1n) is 13.1. The van der Waals surface area contributed by atoms with Crippen molar-refractivity contribution in [3.8, 4) is 11.5 Å². The summed E-state index contributed by atoms with van der Waals surface area (Å²) in [5.74, 6) is 1.78. The highest BCUT2D eigenvalue weighted by atomic mass is 16.5. The van der Waals surface area contributed by atoms with Gasteiger partial charge >= 0.3 is 0 Å². The molecule has 3 aliphatic rings. The molecule has 0 aromatic heterocycles. The van der Waals surface area contributed by atoms with Crippen LogP contribution in [0, 0.1) is 5.92 Å². The zero-order valence-electron chi connectivity index (χ0n) is 21.9. The summed E-state index contributed by atoms with van der Waals surface area (Å²) >= 11 is 0. The zero-order valence-corrected chi connectivity index (χ0v) is 21.9. The summed E-state index contributed by atoms with van der Waals surface area (Å²) < 4.78 is 10.6. The normalized spacial score (nSPS) is 21.7. The number of hydrogen-bond acceptors (Lipinski definition) is 6. The van der Waals surface area contributed by atoms with Crippen molar-refractivity contribution in [2.45, 2.75) is 50.6 Å². The second-order valence-electron chi connectivity index (χ2n) is 10.4. The van der Waals surface area contributed by atoms with Gasteiger partial charge in [-0.05, 0) is 83.9 Å². The van der Waals surface area contributed by atoms with Crippen LogP contribution in [0.15, 0.2) is 18.2 Å². The molecule has 194 valence electrons. The van der Waals surface area contributed by atoms with Gasteiger partial charge in [0.2, 0.25) is 5.91 Å². The highest BCUT2D eigenvalue weighted by Crippen LogP contribution is 2.28. The second kappa shape index (κ2) is 11.6. The number of hydrogen-bond donors (Lipinski definition) is 0. The van der Waals surface area contributed by atoms with E-state index in [4.69, 9.17) is 9.47 Å². The molecular weight excluding hydrogens is 444 g/mol. The third-order valence-corrected chi connectivity index (χ3v) is 8.33. The number of amides is 2. The lowest BCUT2D eigenvalue weighted by Gasteiger charge is -2.43. The van der Waals surface area contributed by atoms with Gasteiger partial charge in [0.05, 0.1) is 14.2 Å². The van der Waals surface area contributed by atoms with Gasteiger partial charge in [-0.25, -0.2) is 0 Å². The monoisotopic (exact) mass is 486 g/mol. The molecule has 0 atom stereocenters. The molecule has 3 fully saturated rings. The van der Waals surface area contributed by atoms with Crippen LogP contribution in [0.5, 0.6) is 11.5 Å². The van der Waals surface area contributed by atoms with E-state index in [0.717, 1.165) is 77.8 Å². The molecule has 3 saturated heterocycles. The number of carbonyl (C=O) groups is 2. The zero-order chi connectivity index (χ0) is 24.9. The summed E-state index contributed by atoms with van der Waals surface area (Å²) in [4.78, 5) is 35.1. The van der Waals surface area contributed by atoms with E-state index in [-0.39, 0.29) is 11.8 Å². The summed E-state index contributed by atoms with van der Waals surface area (Å²) in [7, 11) is 7.36. The minimum atomic E-state index is 0.0295. The fourth-order valence-electron chi connectivity index (χ4n) is 5.91. The highest BCUT2D eigenvalue weighted by Gasteiger charge is 2.34. The summed E-state index contributed by atoms with van der Waals surface area (Å²) in [6.45, 7) is 5.61. The van der Waals surface area contributed by atoms with Gasteiger partial charge < -0.3 is 29.1 Å². The van der Waals surface area contributed by atoms with Crippen molar-refractivity contribution in [2.75, 3.05) is 67.6 Å². The summed E-state index contributed by atoms with van der Waals surface area (Å²) in [5.41, 5.74) is 0.604. The Hall–Kier alpha value is -2.32. The molecule has 3 aliphatic heterocycles. The van der Waals surface area contributed by atoms with E-state index in [1.807, 2.05) is 16.8 Å². The number of nitrogens with zero attached hydrogens (tertiary/aromatic N) is 4. The molecule has 0 N–H and O–H groups in total. The van der Waals surface area contributed by atoms with Crippen LogP contribution in [0.25, 0.3) is 0 Å². The van der Waals surface area contributed by atoms with Crippen LogP contribution in [-0.4, -0.2) is 111 Å². The van der Waals surface area contributed by atoms with E-state index >= 15 is 0 Å². The molecule has 1 aromatic carbocycles. The number of carbonyl (C=O) groups excluding carboxylic acids is 2. The lowest BCUT2D eigenvalue weighted by molar-refractivity contribution is -0.139. The van der Waals surface area contributed by atoms with Crippen molar-refractivity contribution >= 4 is 11.8 Å². The molecule has 35 heavy (non-hydrogen) atoms. The molecule has 8 heteroatoms. The predicted octanol–water partition coefficient (Wildman–Crippen LogP) is 2.57. The Morgan fingerprint density at radius 1 is 0.829 bits per heavy atom. The molecule has 0 saturated carbocycles. The van der Waals surface area contributed by atoms with Gasteiger partial charge in [0.1, 0.15) is 11.5 Å². The predicted molar refractivity (Wildman–Crippen MR) is 136 cm³/mol. The average molecular weight is 487 g/mol. The first-order chi connectivity index (χ1) is 16.9. The van der Waals surface area contributed by atoms with Crippen LogP contribution in [0.4, 0.5) is 0 Å². The average Bonchev–Trinajstić information content (AvgIpc) is 2.92. The third-order valence-electron chi connectivity index (χ3n) is 8.33. The van der Waals surface area contributed by atoms with Crippen LogP contribution in [0.3, 0.4) is 0 Å². The molecule has 0 radical (unpaired) electrons. The van der Waals surface area contributed by atoms with Gasteiger partial charge in [-0.15, -0.1) is 0 Å². The topological polar surface area (TPSA) is 65.6 Å². The Kier molecular flexibility index (Phi) is 8.55. The van der Waals surface area contributed by atoms with Crippen LogP contribution >= 0.6 is 0 Å². The van der Waals surface area contributed by atoms with E-state index in [1.165, 1.54) is 0 Å². The molecule has 0 unspecified atom stereocenters. The number of benzene rings is 1. The third kappa shape index (κ3) is 6.09. The van der Waals surface area contributed by atoms with Crippen LogP contribution in [-0.2, 0) is 4.79 Å². The van der Waals surface area contributed by atoms with E-state index in [1.54, 1.807) is 32.4 Å². The lowest BCUT2D eigenvalue weighted by Crippen LogP contribution is -2.51. The van der Waals surface area contributed by atoms with Gasteiger partial charge in [0.25, 0.3) is 5.91 Å². The number of rotatable bonds is 6. The fraction of sp³-hybridized carbons (Fsp3) is 0.704. The van der Waals surface area contributed by atoms with Crippen molar-refractivity contribution in [3.05, 3.63) is 23.8 Å². The maximum absolute atomic E-state index is 13.1. The van der Waals surface area contributed by atoms with Gasteiger partial charge in [-0.1, -0.05) is 0 Å². The lowest BCUT2D eigenvalue weighted by atomic mass is 9.91. The Labute approximate surface area is 210 Å². The maximum atomic E-state index is 13.1. The molecule has 2 amide bonds. The summed E-state index contributed by atoms with van der Waals surface area (Å²) in [6.07, 6.45) is 5.99. The molecule has 0 bridgehead atoms. The van der Waals surface area contributed by atoms with Gasteiger partial charge in [0.15, 0.2) is 0 Å². The molecule has 0 spiro atoms. The first-order valence-corrected chi connectivity index (χ1v) is 13.1. The Bertz CT molecular complexity index is 848. The Morgan fingerprint density at radius 3 is 1.94 bits per heavy atom. The minimum absolute atomic E-state index is 0.0295. The van der Waals surface area contributed by atoms with E-state index in [9.17, 15) is 9.59 Å². The minimum Gasteiger partial charge on any atom is -0.497 e. The number of likely N-dealkylation sites (tertiary alicyclic amines) is 3. The molecule has 8 nitrogen and oxygen atoms in total. The quantitative estimate of drug-likeness (QED) is 0.616. The van der Waals surface area contributed by atoms with Crippen molar-refractivity contribution < 1.29 is 19.1 Å². The molecular formula is C27H42N4O4. The fourth-order valence-corrected chi connectivity index (χ4v) is 5.91. The highest BCUT2D eigenvalue weighted by molar-refractivity contribution is 5.95. The standard InChI is InChI=1S/C27H42N4O4/c1-28-11-7-22(8-12-28)29(2)26(32)20-5-13-30(14-6-20)23-9-15-31(16-10-23)27(33)21-17-24(34-3)19-25(18-21)35-4/h17-20,22-23H,5-16H2,1-4H3. The summed E-state index contributed by atoms with van der Waals surface area (Å²) in [6, 6.07) is 6.22. The van der Waals surface area contributed by atoms with Crippen molar-refractivity contribution in [2.24, 2.45) is 5.92 Å². The molecule has 3 heterocycles. The molecule has 0 aliphatic carbocycles. The van der Waals surface area contributed by atoms with Gasteiger partial charge in [-0.3, -0.25) is 9.59 Å². The number of piperidine rings is 3. The van der Waals surface area contributed by atoms with Gasteiger partial charge in [-0.2, -0.15) is 0 Å². The van der Waals surface area contributed by atoms with Crippen LogP contribution < -0.4 is 9.47 Å². The van der Waals surface area contributed by atoms with Crippen LogP contribution in [0.1, 0.15) is 48.9 Å². The smallest absolute Gasteiger partial charge is 0.254 e. The van der Waals surface area contributed by atoms with Crippen molar-refractivity contribution in [1.29, 1.82) is 0 Å². The molecule has 1 aromatic rings. The van der Waals surface area contributed by atoms with Crippen molar-refractivity contribution in [1.82, 2.24) is 19.6 Å². The Morgan fingerprint density at radius 2 is 1.40 bits per heavy atom. The maximum Gasteiger partial charge on any atom is 0.254 e. The summed E-state index contributed by atoms with van der Waals surface area (Å²) in [5, 5.41) is 0. The Balaban J connectivity index is 1.24. The number of ether oxygens (including phenoxy) is 2. The number of methoxy groups -OCH3 is 2. The molecule has 4 rings (SSSR count). The van der Waals surface area contributed by atoms with E-state index < -0.39 is 0 Å².